The number of ether oxygens (including phenoxy) is 1. The van der Waals surface area contributed by atoms with Crippen molar-refractivity contribution >= 4 is 12.1 Å². The molecule has 5 aliphatic carbocycles. The number of rotatable bonds is 6. The van der Waals surface area contributed by atoms with Gasteiger partial charge in [-0.15, -0.1) is 0 Å². The summed E-state index contributed by atoms with van der Waals surface area (Å²) in [7, 11) is 3.81. The fourth-order valence-corrected chi connectivity index (χ4v) is 11.2. The van der Waals surface area contributed by atoms with Gasteiger partial charge in [-0.3, -0.25) is 9.59 Å². The first-order valence-electron chi connectivity index (χ1n) is 15.2. The molecular weight excluding hydrogens is 458 g/mol. The second-order valence-electron chi connectivity index (χ2n) is 14.3. The first-order valence-corrected chi connectivity index (χ1v) is 15.2. The third kappa shape index (κ3) is 3.94. The van der Waals surface area contributed by atoms with Crippen molar-refractivity contribution in [3.05, 3.63) is 22.9 Å². The second kappa shape index (κ2) is 9.65. The maximum Gasteiger partial charge on any atom is 0.159 e. The zero-order valence-corrected chi connectivity index (χ0v) is 24.5. The maximum absolute atomic E-state index is 13.6. The van der Waals surface area contributed by atoms with Crippen LogP contribution in [-0.2, 0) is 14.3 Å². The number of ketones is 1. The van der Waals surface area contributed by atoms with Crippen LogP contribution in [0.5, 0.6) is 0 Å². The number of nitrogens with one attached hydrogen (secondary N) is 1. The van der Waals surface area contributed by atoms with Crippen LogP contribution in [-0.4, -0.2) is 32.3 Å². The third-order valence-corrected chi connectivity index (χ3v) is 12.7. The average Bonchev–Trinajstić information content (AvgIpc) is 3.15. The summed E-state index contributed by atoms with van der Waals surface area (Å²) in [5, 5.41) is 3.28. The molecule has 206 valence electrons. The minimum atomic E-state index is -0.106. The number of hydrogen-bond donors (Lipinski definition) is 1. The number of carbonyl (C=O) groups is 2. The molecule has 5 aliphatic rings. The van der Waals surface area contributed by atoms with E-state index in [9.17, 15) is 9.59 Å². The molecule has 0 heterocycles. The summed E-state index contributed by atoms with van der Waals surface area (Å²) >= 11 is 0. The maximum atomic E-state index is 13.6. The number of fused-ring (bicyclic) bond motifs is 7. The van der Waals surface area contributed by atoms with Crippen LogP contribution in [0.15, 0.2) is 22.9 Å². The monoisotopic (exact) mass is 509 g/mol. The molecule has 9 atom stereocenters. The Morgan fingerprint density at radius 3 is 2.38 bits per heavy atom. The minimum absolute atomic E-state index is 0.106. The molecule has 4 saturated carbocycles. The fraction of sp³-hybridized carbons (Fsp3) is 0.818. The zero-order chi connectivity index (χ0) is 26.8. The average molecular weight is 510 g/mol. The molecule has 5 rings (SSSR count). The zero-order valence-electron chi connectivity index (χ0n) is 24.5. The van der Waals surface area contributed by atoms with E-state index < -0.39 is 0 Å². The normalized spacial score (nSPS) is 45.7. The van der Waals surface area contributed by atoms with Crippen LogP contribution in [0.2, 0.25) is 0 Å². The smallest absolute Gasteiger partial charge is 0.159 e. The molecule has 0 aromatic rings. The lowest BCUT2D eigenvalue weighted by molar-refractivity contribution is -0.181. The van der Waals surface area contributed by atoms with Crippen LogP contribution in [0.4, 0.5) is 0 Å². The number of methoxy groups -OCH3 is 1. The highest BCUT2D eigenvalue weighted by atomic mass is 16.5. The van der Waals surface area contributed by atoms with Gasteiger partial charge < -0.3 is 10.1 Å². The van der Waals surface area contributed by atoms with Crippen molar-refractivity contribution in [3.8, 4) is 0 Å². The molecule has 37 heavy (non-hydrogen) atoms. The van der Waals surface area contributed by atoms with Crippen molar-refractivity contribution in [2.75, 3.05) is 14.2 Å². The van der Waals surface area contributed by atoms with Gasteiger partial charge in [0.2, 0.25) is 0 Å². The van der Waals surface area contributed by atoms with Gasteiger partial charge in [-0.25, -0.2) is 0 Å². The highest BCUT2D eigenvalue weighted by Gasteiger charge is 2.64. The Bertz CT molecular complexity index is 996. The van der Waals surface area contributed by atoms with Crippen molar-refractivity contribution in [3.63, 3.8) is 0 Å². The van der Waals surface area contributed by atoms with Gasteiger partial charge in [-0.2, -0.15) is 0 Å². The van der Waals surface area contributed by atoms with Crippen LogP contribution in [0.3, 0.4) is 0 Å². The summed E-state index contributed by atoms with van der Waals surface area (Å²) in [6, 6.07) is 0. The standard InChI is InChI=1S/C33H51NO3/c1-20(2)29-26(36)19-33(18-22(34-6)13-17-35)16-11-25-23(30(29)33)8-9-28-31(4)15-12-27(37-7)21(3)24(31)10-14-32(25,28)5/h13,17,20-21,23-25,27-28,34H,8-12,14-16,18-19H2,1-7H3/b22-13-. The Morgan fingerprint density at radius 1 is 1.05 bits per heavy atom. The lowest BCUT2D eigenvalue weighted by Gasteiger charge is -2.67. The summed E-state index contributed by atoms with van der Waals surface area (Å²) in [5.74, 6) is 3.97. The van der Waals surface area contributed by atoms with E-state index in [0.29, 0.717) is 46.9 Å². The van der Waals surface area contributed by atoms with E-state index in [2.05, 4.69) is 39.9 Å². The number of allylic oxidation sites excluding steroid dienone is 4. The van der Waals surface area contributed by atoms with Crippen molar-refractivity contribution in [1.82, 2.24) is 5.32 Å². The molecule has 0 radical (unpaired) electrons. The molecule has 4 nitrogen and oxygen atoms in total. The Kier molecular flexibility index (Phi) is 7.08. The van der Waals surface area contributed by atoms with Gasteiger partial charge in [0.05, 0.1) is 6.10 Å². The van der Waals surface area contributed by atoms with E-state index in [1.807, 2.05) is 14.2 Å². The molecule has 0 amide bonds. The molecule has 0 aromatic carbocycles. The van der Waals surface area contributed by atoms with Crippen LogP contribution >= 0.6 is 0 Å². The highest BCUT2D eigenvalue weighted by Crippen LogP contribution is 2.72. The Hall–Kier alpha value is -1.42. The number of Topliss-reactive ketones (excluding diaryl/α,β-unsaturated/α-hetero) is 1. The summed E-state index contributed by atoms with van der Waals surface area (Å²) in [6.45, 7) is 12.2. The predicted molar refractivity (Wildman–Crippen MR) is 149 cm³/mol. The van der Waals surface area contributed by atoms with Crippen LogP contribution in [0.1, 0.15) is 98.8 Å². The fourth-order valence-electron chi connectivity index (χ4n) is 11.2. The summed E-state index contributed by atoms with van der Waals surface area (Å²) < 4.78 is 5.94. The largest absolute Gasteiger partial charge is 0.391 e. The van der Waals surface area contributed by atoms with Gasteiger partial charge in [0.1, 0.15) is 6.29 Å². The van der Waals surface area contributed by atoms with Crippen molar-refractivity contribution < 1.29 is 14.3 Å². The summed E-state index contributed by atoms with van der Waals surface area (Å²) in [4.78, 5) is 25.0. The lowest BCUT2D eigenvalue weighted by Crippen LogP contribution is -2.60. The molecule has 0 bridgehead atoms. The van der Waals surface area contributed by atoms with E-state index in [0.717, 1.165) is 42.2 Å². The highest BCUT2D eigenvalue weighted by molar-refractivity contribution is 6.00. The number of carbonyl (C=O) groups excluding carboxylic acids is 2. The van der Waals surface area contributed by atoms with Crippen LogP contribution in [0.25, 0.3) is 0 Å². The summed E-state index contributed by atoms with van der Waals surface area (Å²) in [5.41, 5.74) is 4.26. The molecular formula is C33H51NO3. The van der Waals surface area contributed by atoms with Crippen molar-refractivity contribution in [2.24, 2.45) is 51.8 Å². The van der Waals surface area contributed by atoms with E-state index in [-0.39, 0.29) is 11.3 Å². The quantitative estimate of drug-likeness (QED) is 0.313. The van der Waals surface area contributed by atoms with Crippen LogP contribution < -0.4 is 5.32 Å². The molecule has 0 aliphatic heterocycles. The van der Waals surface area contributed by atoms with Gasteiger partial charge >= 0.3 is 0 Å². The van der Waals surface area contributed by atoms with Gasteiger partial charge in [0, 0.05) is 31.7 Å². The molecule has 0 spiro atoms. The third-order valence-electron chi connectivity index (χ3n) is 12.7. The molecule has 1 N–H and O–H groups in total. The Labute approximate surface area is 225 Å². The minimum Gasteiger partial charge on any atom is -0.391 e. The first kappa shape index (κ1) is 27.2. The molecule has 4 heteroatoms. The molecule has 0 saturated heterocycles. The van der Waals surface area contributed by atoms with Gasteiger partial charge in [0.15, 0.2) is 5.78 Å². The van der Waals surface area contributed by atoms with E-state index in [1.165, 1.54) is 50.5 Å². The van der Waals surface area contributed by atoms with E-state index >= 15 is 0 Å². The van der Waals surface area contributed by atoms with Crippen molar-refractivity contribution in [2.45, 2.75) is 105 Å². The molecule has 9 unspecified atom stereocenters. The Morgan fingerprint density at radius 2 is 1.73 bits per heavy atom. The van der Waals surface area contributed by atoms with Crippen LogP contribution in [0, 0.1) is 51.8 Å². The summed E-state index contributed by atoms with van der Waals surface area (Å²) in [6.07, 6.45) is 14.3. The second-order valence-corrected chi connectivity index (χ2v) is 14.3. The topological polar surface area (TPSA) is 55.4 Å². The number of aldehydes is 1. The first-order chi connectivity index (χ1) is 17.6. The SMILES string of the molecule is CN/C(=C\C=O)CC12CCC3C(CCC4C3(C)CCC3C(C)C(OC)CCC34C)C1=C(C(C)C)C(=O)C2. The van der Waals surface area contributed by atoms with E-state index in [1.54, 1.807) is 6.08 Å². The van der Waals surface area contributed by atoms with Gasteiger partial charge in [-0.1, -0.05) is 40.2 Å². The lowest BCUT2D eigenvalue weighted by atomic mass is 9.38. The van der Waals surface area contributed by atoms with E-state index in [4.69, 9.17) is 4.74 Å². The Balaban J connectivity index is 1.53. The molecule has 4 fully saturated rings. The number of hydrogen-bond acceptors (Lipinski definition) is 4. The molecule has 0 aromatic heterocycles. The van der Waals surface area contributed by atoms with Gasteiger partial charge in [0.25, 0.3) is 0 Å². The van der Waals surface area contributed by atoms with Gasteiger partial charge in [-0.05, 0) is 116 Å². The predicted octanol–water partition coefficient (Wildman–Crippen LogP) is 6.89. The van der Waals surface area contributed by atoms with Crippen molar-refractivity contribution in [1.29, 1.82) is 0 Å².